The Morgan fingerprint density at radius 1 is 0.718 bits per heavy atom. The summed E-state index contributed by atoms with van der Waals surface area (Å²) in [5.41, 5.74) is 8.44. The molecule has 3 rings (SSSR count). The summed E-state index contributed by atoms with van der Waals surface area (Å²) in [4.78, 5) is 12.9. The summed E-state index contributed by atoms with van der Waals surface area (Å²) >= 11 is 0. The number of nitrogen functional groups attached to an aromatic ring is 1. The lowest BCUT2D eigenvalue weighted by Crippen LogP contribution is -2.09. The van der Waals surface area contributed by atoms with Gasteiger partial charge in [0, 0.05) is 11.6 Å². The fourth-order valence-corrected chi connectivity index (χ4v) is 3.86. The van der Waals surface area contributed by atoms with Crippen LogP contribution in [0.1, 0.15) is 16.7 Å². The Labute approximate surface area is 227 Å². The number of ether oxygens (including phenoxy) is 6. The first-order valence-corrected chi connectivity index (χ1v) is 11.7. The zero-order chi connectivity index (χ0) is 28.5. The molecule has 0 bridgehead atoms. The van der Waals surface area contributed by atoms with Crippen LogP contribution in [-0.2, 0) is 4.79 Å². The third kappa shape index (κ3) is 6.48. The number of nitrogens with one attached hydrogen (secondary N) is 1. The average molecular weight is 537 g/mol. The highest BCUT2D eigenvalue weighted by molar-refractivity contribution is 6.04. The summed E-state index contributed by atoms with van der Waals surface area (Å²) in [5.74, 6) is 1.77. The van der Waals surface area contributed by atoms with E-state index in [4.69, 9.17) is 34.2 Å². The van der Waals surface area contributed by atoms with Gasteiger partial charge in [-0.25, -0.2) is 0 Å². The molecule has 206 valence electrons. The lowest BCUT2D eigenvalue weighted by molar-refractivity contribution is -0.111. The number of carbonyl (C=O) groups excluding carboxylic acids is 1. The number of rotatable bonds is 11. The molecule has 3 aromatic carbocycles. The molecule has 10 nitrogen and oxygen atoms in total. The molecule has 0 saturated carbocycles. The lowest BCUT2D eigenvalue weighted by atomic mass is 10.1. The molecule has 0 radical (unpaired) electrons. The molecule has 10 heteroatoms. The van der Waals surface area contributed by atoms with Crippen molar-refractivity contribution in [2.45, 2.75) is 0 Å². The van der Waals surface area contributed by atoms with Crippen LogP contribution in [0.2, 0.25) is 0 Å². The predicted octanol–water partition coefficient (Wildman–Crippen LogP) is 4.85. The van der Waals surface area contributed by atoms with Crippen LogP contribution < -0.4 is 39.5 Å². The maximum absolute atomic E-state index is 12.9. The van der Waals surface area contributed by atoms with Gasteiger partial charge in [-0.3, -0.25) is 4.79 Å². The normalized spacial score (nSPS) is 10.9. The highest BCUT2D eigenvalue weighted by Gasteiger charge is 2.16. The molecule has 0 unspecified atom stereocenters. The largest absolute Gasteiger partial charge is 0.503 e. The first-order valence-electron chi connectivity index (χ1n) is 11.7. The second kappa shape index (κ2) is 13.0. The number of hydrogen-bond acceptors (Lipinski definition) is 9. The van der Waals surface area contributed by atoms with Crippen LogP contribution in [-0.4, -0.2) is 53.7 Å². The van der Waals surface area contributed by atoms with Crippen LogP contribution >= 0.6 is 0 Å². The van der Waals surface area contributed by atoms with E-state index >= 15 is 0 Å². The number of carbonyl (C=O) groups is 1. The van der Waals surface area contributed by atoms with Crippen molar-refractivity contribution in [1.29, 1.82) is 0 Å². The van der Waals surface area contributed by atoms with Crippen molar-refractivity contribution in [1.82, 2.24) is 0 Å². The number of nitrogens with two attached hydrogens (primary N) is 1. The van der Waals surface area contributed by atoms with E-state index in [2.05, 4.69) is 5.32 Å². The molecule has 39 heavy (non-hydrogen) atoms. The van der Waals surface area contributed by atoms with E-state index in [0.29, 0.717) is 45.6 Å². The highest BCUT2D eigenvalue weighted by atomic mass is 16.5. The van der Waals surface area contributed by atoms with Crippen LogP contribution in [0.4, 0.5) is 11.4 Å². The SMILES string of the molecule is COc1ccc(C=Cc2cc(OC)c(OC)c(OC)c2)c(NC(=O)/C=C/c2cc(N)c(OC)c(OC)c2)c1O. The van der Waals surface area contributed by atoms with Gasteiger partial charge in [0.25, 0.3) is 0 Å². The van der Waals surface area contributed by atoms with E-state index in [1.807, 2.05) is 0 Å². The zero-order valence-corrected chi connectivity index (χ0v) is 22.7. The summed E-state index contributed by atoms with van der Waals surface area (Å²) < 4.78 is 32.0. The van der Waals surface area contributed by atoms with E-state index < -0.39 is 5.91 Å². The average Bonchev–Trinajstić information content (AvgIpc) is 2.95. The van der Waals surface area contributed by atoms with Crippen molar-refractivity contribution in [3.8, 4) is 40.2 Å². The van der Waals surface area contributed by atoms with Crippen molar-refractivity contribution >= 4 is 35.5 Å². The van der Waals surface area contributed by atoms with Crippen LogP contribution in [0, 0.1) is 0 Å². The zero-order valence-electron chi connectivity index (χ0n) is 22.7. The molecule has 0 aliphatic heterocycles. The van der Waals surface area contributed by atoms with Gasteiger partial charge in [-0.2, -0.15) is 0 Å². The molecule has 0 atom stereocenters. The minimum absolute atomic E-state index is 0.166. The van der Waals surface area contributed by atoms with E-state index in [1.54, 1.807) is 54.6 Å². The van der Waals surface area contributed by atoms with E-state index in [0.717, 1.165) is 5.56 Å². The van der Waals surface area contributed by atoms with Crippen LogP contribution in [0.15, 0.2) is 42.5 Å². The minimum Gasteiger partial charge on any atom is -0.503 e. The molecular weight excluding hydrogens is 504 g/mol. The van der Waals surface area contributed by atoms with Crippen molar-refractivity contribution in [3.05, 3.63) is 59.2 Å². The first kappa shape index (κ1) is 28.6. The maximum Gasteiger partial charge on any atom is 0.248 e. The summed E-state index contributed by atoms with van der Waals surface area (Å²) in [7, 11) is 9.00. The highest BCUT2D eigenvalue weighted by Crippen LogP contribution is 2.40. The predicted molar refractivity (Wildman–Crippen MR) is 151 cm³/mol. The maximum atomic E-state index is 12.9. The third-order valence-corrected chi connectivity index (χ3v) is 5.74. The van der Waals surface area contributed by atoms with Gasteiger partial charge in [0.2, 0.25) is 11.7 Å². The lowest BCUT2D eigenvalue weighted by Gasteiger charge is -2.14. The number of anilines is 2. The molecule has 0 aliphatic rings. The van der Waals surface area contributed by atoms with Gasteiger partial charge in [0.15, 0.2) is 34.5 Å². The Kier molecular flexibility index (Phi) is 9.53. The van der Waals surface area contributed by atoms with Crippen molar-refractivity contribution in [3.63, 3.8) is 0 Å². The second-order valence-electron chi connectivity index (χ2n) is 8.04. The number of methoxy groups -OCH3 is 6. The van der Waals surface area contributed by atoms with Gasteiger partial charge in [0.05, 0.1) is 54.0 Å². The van der Waals surface area contributed by atoms with E-state index in [-0.39, 0.29) is 17.2 Å². The first-order chi connectivity index (χ1) is 18.8. The molecule has 0 aromatic heterocycles. The van der Waals surface area contributed by atoms with Crippen LogP contribution in [0.25, 0.3) is 18.2 Å². The van der Waals surface area contributed by atoms with Crippen molar-refractivity contribution in [2.75, 3.05) is 53.7 Å². The molecule has 0 aliphatic carbocycles. The molecule has 0 heterocycles. The fourth-order valence-electron chi connectivity index (χ4n) is 3.86. The van der Waals surface area contributed by atoms with Crippen molar-refractivity contribution in [2.24, 2.45) is 0 Å². The van der Waals surface area contributed by atoms with Gasteiger partial charge in [-0.05, 0) is 53.6 Å². The molecule has 0 saturated heterocycles. The quantitative estimate of drug-likeness (QED) is 0.136. The smallest absolute Gasteiger partial charge is 0.248 e. The molecule has 4 N–H and O–H groups in total. The Morgan fingerprint density at radius 2 is 1.26 bits per heavy atom. The minimum atomic E-state index is -0.491. The number of phenolic OH excluding ortho intramolecular Hbond substituents is 1. The third-order valence-electron chi connectivity index (χ3n) is 5.74. The Hall–Kier alpha value is -4.99. The Morgan fingerprint density at radius 3 is 1.79 bits per heavy atom. The molecular formula is C29H32N2O8. The van der Waals surface area contributed by atoms with Gasteiger partial charge >= 0.3 is 0 Å². The standard InChI is InChI=1S/C29H32N2O8/c1-34-21-11-10-19(9-7-18-15-23(36-3)29(39-6)24(16-18)37-4)26(27(21)33)31-25(32)12-8-17-13-20(30)28(38-5)22(14-17)35-2/h7-16,33H,30H2,1-6H3,(H,31,32)/b9-7?,12-8+. The Balaban J connectivity index is 1.93. The van der Waals surface area contributed by atoms with Gasteiger partial charge < -0.3 is 44.6 Å². The van der Waals surface area contributed by atoms with E-state index in [9.17, 15) is 9.90 Å². The van der Waals surface area contributed by atoms with Gasteiger partial charge in [0.1, 0.15) is 0 Å². The molecule has 1 amide bonds. The molecule has 3 aromatic rings. The number of benzene rings is 3. The summed E-state index contributed by atoms with van der Waals surface area (Å²) in [6, 6.07) is 10.2. The topological polar surface area (TPSA) is 131 Å². The van der Waals surface area contributed by atoms with Gasteiger partial charge in [-0.15, -0.1) is 0 Å². The van der Waals surface area contributed by atoms with Crippen molar-refractivity contribution < 1.29 is 38.3 Å². The molecule has 0 fully saturated rings. The summed E-state index contributed by atoms with van der Waals surface area (Å²) in [6.45, 7) is 0. The second-order valence-corrected chi connectivity index (χ2v) is 8.04. The summed E-state index contributed by atoms with van der Waals surface area (Å²) in [5, 5.41) is 13.5. The summed E-state index contributed by atoms with van der Waals surface area (Å²) in [6.07, 6.45) is 6.39. The van der Waals surface area contributed by atoms with E-state index in [1.165, 1.54) is 48.7 Å². The number of phenols is 1. The van der Waals surface area contributed by atoms with Crippen LogP contribution in [0.3, 0.4) is 0 Å². The van der Waals surface area contributed by atoms with Gasteiger partial charge in [-0.1, -0.05) is 12.2 Å². The Bertz CT molecular complexity index is 1370. The van der Waals surface area contributed by atoms with Crippen LogP contribution in [0.5, 0.6) is 40.2 Å². The number of amides is 1. The number of hydrogen-bond donors (Lipinski definition) is 3. The number of aromatic hydroxyl groups is 1. The monoisotopic (exact) mass is 536 g/mol. The fraction of sp³-hybridized carbons (Fsp3) is 0.207. The molecule has 0 spiro atoms.